The van der Waals surface area contributed by atoms with E-state index in [1.807, 2.05) is 0 Å². The van der Waals surface area contributed by atoms with E-state index in [2.05, 4.69) is 10.3 Å². The molecule has 0 aliphatic carbocycles. The zero-order valence-electron chi connectivity index (χ0n) is 14.3. The number of anilines is 1. The molecule has 2 aromatic heterocycles. The molecular formula is C17H13ClF3N3O2S2. The SMILES string of the molecule is CCn1c(SCC(=O)Nc2cc(C(F)(F)F)ccc2Cl)nc2ccsc2c1=O. The van der Waals surface area contributed by atoms with Crippen molar-refractivity contribution in [1.82, 2.24) is 9.55 Å². The summed E-state index contributed by atoms with van der Waals surface area (Å²) in [4.78, 5) is 29.1. The Hall–Kier alpha value is -2.04. The van der Waals surface area contributed by atoms with Crippen LogP contribution in [0.15, 0.2) is 39.6 Å². The summed E-state index contributed by atoms with van der Waals surface area (Å²) in [6.45, 7) is 2.16. The molecule has 2 heterocycles. The molecule has 1 amide bonds. The maximum atomic E-state index is 12.8. The third-order valence-corrected chi connectivity index (χ3v) is 5.94. The van der Waals surface area contributed by atoms with Crippen LogP contribution in [0.3, 0.4) is 0 Å². The minimum Gasteiger partial charge on any atom is -0.324 e. The summed E-state index contributed by atoms with van der Waals surface area (Å²) in [7, 11) is 0. The van der Waals surface area contributed by atoms with Crippen LogP contribution in [0.1, 0.15) is 12.5 Å². The van der Waals surface area contributed by atoms with E-state index in [1.54, 1.807) is 18.4 Å². The van der Waals surface area contributed by atoms with Crippen LogP contribution < -0.4 is 10.9 Å². The van der Waals surface area contributed by atoms with Gasteiger partial charge in [-0.15, -0.1) is 11.3 Å². The van der Waals surface area contributed by atoms with Gasteiger partial charge in [-0.25, -0.2) is 4.98 Å². The number of rotatable bonds is 5. The smallest absolute Gasteiger partial charge is 0.324 e. The second-order valence-electron chi connectivity index (χ2n) is 5.61. The number of halogens is 4. The van der Waals surface area contributed by atoms with Crippen LogP contribution in [-0.4, -0.2) is 21.2 Å². The van der Waals surface area contributed by atoms with Crippen molar-refractivity contribution in [1.29, 1.82) is 0 Å². The predicted octanol–water partition coefficient (Wildman–Crippen LogP) is 4.88. The van der Waals surface area contributed by atoms with Gasteiger partial charge in [0.05, 0.1) is 27.5 Å². The van der Waals surface area contributed by atoms with Crippen LogP contribution in [0.4, 0.5) is 18.9 Å². The van der Waals surface area contributed by atoms with E-state index in [0.29, 0.717) is 21.9 Å². The lowest BCUT2D eigenvalue weighted by Gasteiger charge is -2.12. The fourth-order valence-electron chi connectivity index (χ4n) is 2.43. The van der Waals surface area contributed by atoms with Gasteiger partial charge in [-0.05, 0) is 36.6 Å². The van der Waals surface area contributed by atoms with Gasteiger partial charge in [0, 0.05) is 6.54 Å². The molecule has 1 aromatic carbocycles. The van der Waals surface area contributed by atoms with Gasteiger partial charge in [0.15, 0.2) is 5.16 Å². The number of hydrogen-bond donors (Lipinski definition) is 1. The fourth-order valence-corrected chi connectivity index (χ4v) is 4.23. The first kappa shape index (κ1) is 20.7. The number of nitrogens with one attached hydrogen (secondary N) is 1. The van der Waals surface area contributed by atoms with E-state index in [4.69, 9.17) is 11.6 Å². The Bertz CT molecular complexity index is 1100. The average Bonchev–Trinajstić information content (AvgIpc) is 3.10. The van der Waals surface area contributed by atoms with Crippen molar-refractivity contribution < 1.29 is 18.0 Å². The predicted molar refractivity (Wildman–Crippen MR) is 105 cm³/mol. The number of amides is 1. The number of carbonyl (C=O) groups is 1. The molecule has 0 radical (unpaired) electrons. The van der Waals surface area contributed by atoms with Gasteiger partial charge in [-0.3, -0.25) is 14.2 Å². The van der Waals surface area contributed by atoms with Crippen LogP contribution in [0, 0.1) is 0 Å². The molecule has 0 saturated heterocycles. The molecule has 148 valence electrons. The highest BCUT2D eigenvalue weighted by molar-refractivity contribution is 7.99. The molecule has 28 heavy (non-hydrogen) atoms. The minimum absolute atomic E-state index is 0.00497. The van der Waals surface area contributed by atoms with Crippen molar-refractivity contribution in [2.45, 2.75) is 24.8 Å². The number of thioether (sulfide) groups is 1. The largest absolute Gasteiger partial charge is 0.416 e. The van der Waals surface area contributed by atoms with Gasteiger partial charge in [-0.1, -0.05) is 23.4 Å². The number of hydrogen-bond acceptors (Lipinski definition) is 5. The summed E-state index contributed by atoms with van der Waals surface area (Å²) in [5.74, 6) is -0.706. The summed E-state index contributed by atoms with van der Waals surface area (Å²) < 4.78 is 40.5. The topological polar surface area (TPSA) is 64.0 Å². The lowest BCUT2D eigenvalue weighted by Crippen LogP contribution is -2.22. The second-order valence-corrected chi connectivity index (χ2v) is 7.87. The van der Waals surface area contributed by atoms with Gasteiger partial charge < -0.3 is 5.32 Å². The number of aromatic nitrogens is 2. The molecule has 0 saturated carbocycles. The van der Waals surface area contributed by atoms with Crippen LogP contribution in [-0.2, 0) is 17.5 Å². The van der Waals surface area contributed by atoms with Crippen molar-refractivity contribution in [3.05, 3.63) is 50.6 Å². The molecule has 3 rings (SSSR count). The second kappa shape index (κ2) is 8.14. The summed E-state index contributed by atoms with van der Waals surface area (Å²) >= 11 is 8.20. The third kappa shape index (κ3) is 4.34. The number of nitrogens with zero attached hydrogens (tertiary/aromatic N) is 2. The molecule has 0 aliphatic heterocycles. The Morgan fingerprint density at radius 1 is 1.36 bits per heavy atom. The van der Waals surface area contributed by atoms with Crippen molar-refractivity contribution in [2.24, 2.45) is 0 Å². The van der Waals surface area contributed by atoms with Gasteiger partial charge in [-0.2, -0.15) is 13.2 Å². The minimum atomic E-state index is -4.55. The van der Waals surface area contributed by atoms with Crippen molar-refractivity contribution in [2.75, 3.05) is 11.1 Å². The summed E-state index contributed by atoms with van der Waals surface area (Å²) in [6, 6.07) is 4.41. The Morgan fingerprint density at radius 3 is 2.79 bits per heavy atom. The highest BCUT2D eigenvalue weighted by atomic mass is 35.5. The maximum absolute atomic E-state index is 12.8. The summed E-state index contributed by atoms with van der Waals surface area (Å²) in [5, 5.41) is 4.49. The van der Waals surface area contributed by atoms with Gasteiger partial charge in [0.25, 0.3) is 5.56 Å². The number of alkyl halides is 3. The quantitative estimate of drug-likeness (QED) is 0.447. The highest BCUT2D eigenvalue weighted by Gasteiger charge is 2.31. The highest BCUT2D eigenvalue weighted by Crippen LogP contribution is 2.34. The van der Waals surface area contributed by atoms with E-state index in [-0.39, 0.29) is 22.0 Å². The van der Waals surface area contributed by atoms with Crippen molar-refractivity contribution >= 4 is 56.5 Å². The summed E-state index contributed by atoms with van der Waals surface area (Å²) in [5.41, 5.74) is -0.685. The number of carbonyl (C=O) groups excluding carboxylic acids is 1. The van der Waals surface area contributed by atoms with E-state index in [9.17, 15) is 22.8 Å². The van der Waals surface area contributed by atoms with Crippen LogP contribution in [0.25, 0.3) is 10.2 Å². The van der Waals surface area contributed by atoms with Gasteiger partial charge in [0.2, 0.25) is 5.91 Å². The van der Waals surface area contributed by atoms with Crippen LogP contribution in [0.5, 0.6) is 0 Å². The monoisotopic (exact) mass is 447 g/mol. The van der Waals surface area contributed by atoms with Crippen LogP contribution >= 0.6 is 34.7 Å². The molecule has 11 heteroatoms. The molecule has 0 atom stereocenters. The first-order valence-electron chi connectivity index (χ1n) is 7.98. The summed E-state index contributed by atoms with van der Waals surface area (Å²) in [6.07, 6.45) is -4.55. The molecule has 0 unspecified atom stereocenters. The first-order chi connectivity index (χ1) is 13.2. The molecule has 0 fully saturated rings. The average molecular weight is 448 g/mol. The Kier molecular flexibility index (Phi) is 6.01. The molecular weight excluding hydrogens is 435 g/mol. The van der Waals surface area contributed by atoms with E-state index >= 15 is 0 Å². The lowest BCUT2D eigenvalue weighted by molar-refractivity contribution is -0.137. The standard InChI is InChI=1S/C17H13ClF3N3O2S2/c1-2-24-15(26)14-11(5-6-27-14)23-16(24)28-8-13(25)22-12-7-9(17(19,20)21)3-4-10(12)18/h3-7H,2,8H2,1H3,(H,22,25). The Labute approximate surface area is 170 Å². The molecule has 0 bridgehead atoms. The van der Waals surface area contributed by atoms with Crippen molar-refractivity contribution in [3.63, 3.8) is 0 Å². The first-order valence-corrected chi connectivity index (χ1v) is 10.2. The molecule has 3 aromatic rings. The van der Waals surface area contributed by atoms with Gasteiger partial charge in [0.1, 0.15) is 4.70 Å². The third-order valence-electron chi connectivity index (χ3n) is 3.75. The Balaban J connectivity index is 1.77. The number of thiophene rings is 1. The van der Waals surface area contributed by atoms with E-state index in [0.717, 1.165) is 30.0 Å². The zero-order valence-corrected chi connectivity index (χ0v) is 16.7. The molecule has 0 spiro atoms. The Morgan fingerprint density at radius 2 is 2.11 bits per heavy atom. The van der Waals surface area contributed by atoms with E-state index in [1.165, 1.54) is 15.9 Å². The lowest BCUT2D eigenvalue weighted by atomic mass is 10.2. The molecule has 5 nitrogen and oxygen atoms in total. The van der Waals surface area contributed by atoms with Crippen molar-refractivity contribution in [3.8, 4) is 0 Å². The molecule has 0 aliphatic rings. The number of fused-ring (bicyclic) bond motifs is 1. The number of benzene rings is 1. The fraction of sp³-hybridized carbons (Fsp3) is 0.235. The van der Waals surface area contributed by atoms with Gasteiger partial charge >= 0.3 is 6.18 Å². The zero-order chi connectivity index (χ0) is 20.5. The molecule has 1 N–H and O–H groups in total. The maximum Gasteiger partial charge on any atom is 0.416 e. The normalized spacial score (nSPS) is 11.8. The van der Waals surface area contributed by atoms with E-state index < -0.39 is 17.6 Å². The van der Waals surface area contributed by atoms with Crippen LogP contribution in [0.2, 0.25) is 5.02 Å².